The fraction of sp³-hybridized carbons (Fsp3) is 0.353. The van der Waals surface area contributed by atoms with Crippen molar-refractivity contribution < 1.29 is 0 Å². The van der Waals surface area contributed by atoms with Crippen LogP contribution < -0.4 is 4.90 Å². The number of hydrogen-bond acceptors (Lipinski definition) is 2. The summed E-state index contributed by atoms with van der Waals surface area (Å²) in [5.74, 6) is 2.81. The Morgan fingerprint density at radius 3 is 2.42 bits per heavy atom. The van der Waals surface area contributed by atoms with Crippen molar-refractivity contribution in [2.75, 3.05) is 18.0 Å². The number of nitrogens with zero attached hydrogens (tertiary/aromatic N) is 2. The zero-order valence-electron chi connectivity index (χ0n) is 11.0. The lowest BCUT2D eigenvalue weighted by Crippen LogP contribution is -2.20. The lowest BCUT2D eigenvalue weighted by Gasteiger charge is -2.17. The highest BCUT2D eigenvalue weighted by Gasteiger charge is 2.33. The van der Waals surface area contributed by atoms with Gasteiger partial charge in [-0.1, -0.05) is 30.4 Å². The quantitative estimate of drug-likeness (QED) is 0.718. The van der Waals surface area contributed by atoms with Crippen LogP contribution in [0.15, 0.2) is 48.6 Å². The Hall–Kier alpha value is -1.83. The molecule has 1 aliphatic heterocycles. The summed E-state index contributed by atoms with van der Waals surface area (Å²) in [6.07, 6.45) is 7.18. The third-order valence-corrected chi connectivity index (χ3v) is 4.53. The van der Waals surface area contributed by atoms with Gasteiger partial charge in [-0.2, -0.15) is 0 Å². The molecule has 1 saturated heterocycles. The Bertz CT molecular complexity index is 616. The fourth-order valence-corrected chi connectivity index (χ4v) is 3.43. The second-order valence-corrected chi connectivity index (χ2v) is 5.73. The van der Waals surface area contributed by atoms with Crippen molar-refractivity contribution in [3.63, 3.8) is 0 Å². The molecule has 96 valence electrons. The van der Waals surface area contributed by atoms with Crippen LogP contribution in [0.1, 0.15) is 12.8 Å². The Labute approximate surface area is 113 Å². The third-order valence-electron chi connectivity index (χ3n) is 4.53. The predicted molar refractivity (Wildman–Crippen MR) is 79.3 cm³/mol. The molecule has 0 saturated carbocycles. The first-order valence-corrected chi connectivity index (χ1v) is 7.16. The predicted octanol–water partition coefficient (Wildman–Crippen LogP) is 3.64. The Morgan fingerprint density at radius 1 is 0.895 bits per heavy atom. The summed E-state index contributed by atoms with van der Waals surface area (Å²) in [5.41, 5.74) is 1.10. The molecule has 2 unspecified atom stereocenters. The first-order chi connectivity index (χ1) is 9.40. The van der Waals surface area contributed by atoms with Crippen LogP contribution in [0, 0.1) is 11.8 Å². The maximum absolute atomic E-state index is 4.82. The van der Waals surface area contributed by atoms with E-state index < -0.39 is 0 Å². The number of rotatable bonds is 1. The highest BCUT2D eigenvalue weighted by atomic mass is 15.2. The van der Waals surface area contributed by atoms with E-state index in [1.54, 1.807) is 0 Å². The Kier molecular flexibility index (Phi) is 2.54. The minimum Gasteiger partial charge on any atom is -0.356 e. The van der Waals surface area contributed by atoms with Gasteiger partial charge in [0, 0.05) is 18.5 Å². The SMILES string of the molecule is C1=CCC2CN(c3ccc4ccccc4n3)CC2C1. The van der Waals surface area contributed by atoms with Crippen LogP contribution in [0.3, 0.4) is 0 Å². The van der Waals surface area contributed by atoms with Gasteiger partial charge in [0.25, 0.3) is 0 Å². The molecule has 0 bridgehead atoms. The molecule has 2 aromatic rings. The topological polar surface area (TPSA) is 16.1 Å². The molecule has 4 rings (SSSR count). The molecular weight excluding hydrogens is 232 g/mol. The molecule has 1 fully saturated rings. The van der Waals surface area contributed by atoms with Gasteiger partial charge in [0.05, 0.1) is 5.52 Å². The molecule has 19 heavy (non-hydrogen) atoms. The van der Waals surface area contributed by atoms with Gasteiger partial charge in [0.2, 0.25) is 0 Å². The lowest BCUT2D eigenvalue weighted by molar-refractivity contribution is 0.411. The summed E-state index contributed by atoms with van der Waals surface area (Å²) in [7, 11) is 0. The lowest BCUT2D eigenvalue weighted by atomic mass is 9.86. The summed E-state index contributed by atoms with van der Waals surface area (Å²) >= 11 is 0. The van der Waals surface area contributed by atoms with Gasteiger partial charge in [0.1, 0.15) is 5.82 Å². The summed E-state index contributed by atoms with van der Waals surface area (Å²) in [5, 5.41) is 1.23. The van der Waals surface area contributed by atoms with Crippen LogP contribution in [0.25, 0.3) is 10.9 Å². The zero-order valence-corrected chi connectivity index (χ0v) is 11.0. The van der Waals surface area contributed by atoms with Crippen molar-refractivity contribution in [3.05, 3.63) is 48.6 Å². The minimum absolute atomic E-state index is 0.832. The fourth-order valence-electron chi connectivity index (χ4n) is 3.43. The molecular formula is C17H18N2. The molecule has 0 radical (unpaired) electrons. The van der Waals surface area contributed by atoms with E-state index in [4.69, 9.17) is 4.98 Å². The highest BCUT2D eigenvalue weighted by molar-refractivity contribution is 5.80. The van der Waals surface area contributed by atoms with E-state index in [9.17, 15) is 0 Å². The normalized spacial score (nSPS) is 25.8. The molecule has 2 heterocycles. The van der Waals surface area contributed by atoms with E-state index in [1.807, 2.05) is 0 Å². The van der Waals surface area contributed by atoms with Gasteiger partial charge in [-0.3, -0.25) is 0 Å². The number of aromatic nitrogens is 1. The van der Waals surface area contributed by atoms with Gasteiger partial charge in [0.15, 0.2) is 0 Å². The average molecular weight is 250 g/mol. The summed E-state index contributed by atoms with van der Waals surface area (Å²) in [6, 6.07) is 12.7. The number of anilines is 1. The molecule has 1 aromatic heterocycles. The van der Waals surface area contributed by atoms with E-state index in [0.29, 0.717) is 0 Å². The van der Waals surface area contributed by atoms with Crippen LogP contribution in [0.5, 0.6) is 0 Å². The molecule has 0 amide bonds. The van der Waals surface area contributed by atoms with Crippen molar-refractivity contribution in [1.29, 1.82) is 0 Å². The van der Waals surface area contributed by atoms with Gasteiger partial charge in [-0.15, -0.1) is 0 Å². The highest BCUT2D eigenvalue weighted by Crippen LogP contribution is 2.35. The van der Waals surface area contributed by atoms with Crippen LogP contribution in [-0.4, -0.2) is 18.1 Å². The molecule has 1 aliphatic carbocycles. The monoisotopic (exact) mass is 250 g/mol. The van der Waals surface area contributed by atoms with Gasteiger partial charge >= 0.3 is 0 Å². The largest absolute Gasteiger partial charge is 0.356 e. The minimum atomic E-state index is 0.832. The van der Waals surface area contributed by atoms with Crippen molar-refractivity contribution in [2.45, 2.75) is 12.8 Å². The van der Waals surface area contributed by atoms with Gasteiger partial charge in [-0.25, -0.2) is 4.98 Å². The van der Waals surface area contributed by atoms with Crippen LogP contribution >= 0.6 is 0 Å². The van der Waals surface area contributed by atoms with Crippen LogP contribution in [0.2, 0.25) is 0 Å². The van der Waals surface area contributed by atoms with Crippen LogP contribution in [0.4, 0.5) is 5.82 Å². The molecule has 2 atom stereocenters. The summed E-state index contributed by atoms with van der Waals surface area (Å²) in [6.45, 7) is 2.33. The van der Waals surface area contributed by atoms with Crippen molar-refractivity contribution >= 4 is 16.7 Å². The maximum atomic E-state index is 4.82. The van der Waals surface area contributed by atoms with Gasteiger partial charge < -0.3 is 4.90 Å². The van der Waals surface area contributed by atoms with Crippen LogP contribution in [-0.2, 0) is 0 Å². The Balaban J connectivity index is 1.64. The average Bonchev–Trinajstić information content (AvgIpc) is 2.90. The zero-order chi connectivity index (χ0) is 12.7. The number of pyridine rings is 1. The molecule has 2 nitrogen and oxygen atoms in total. The van der Waals surface area contributed by atoms with Gasteiger partial charge in [-0.05, 0) is 42.9 Å². The first-order valence-electron chi connectivity index (χ1n) is 7.16. The number of fused-ring (bicyclic) bond motifs is 2. The Morgan fingerprint density at radius 2 is 1.63 bits per heavy atom. The first kappa shape index (κ1) is 11.0. The van der Waals surface area contributed by atoms with E-state index in [-0.39, 0.29) is 0 Å². The van der Waals surface area contributed by atoms with Crippen molar-refractivity contribution in [1.82, 2.24) is 4.98 Å². The summed E-state index contributed by atoms with van der Waals surface area (Å²) in [4.78, 5) is 7.29. The second kappa shape index (κ2) is 4.37. The van der Waals surface area contributed by atoms with E-state index in [0.717, 1.165) is 23.2 Å². The maximum Gasteiger partial charge on any atom is 0.129 e. The third kappa shape index (κ3) is 1.92. The number of hydrogen-bond donors (Lipinski definition) is 0. The smallest absolute Gasteiger partial charge is 0.129 e. The molecule has 0 N–H and O–H groups in total. The van der Waals surface area contributed by atoms with E-state index >= 15 is 0 Å². The number of allylic oxidation sites excluding steroid dienone is 2. The van der Waals surface area contributed by atoms with E-state index in [1.165, 1.54) is 31.3 Å². The number of benzene rings is 1. The second-order valence-electron chi connectivity index (χ2n) is 5.73. The molecule has 1 aromatic carbocycles. The molecule has 2 aliphatic rings. The number of para-hydroxylation sites is 1. The molecule has 2 heteroatoms. The van der Waals surface area contributed by atoms with Crippen molar-refractivity contribution in [3.8, 4) is 0 Å². The van der Waals surface area contributed by atoms with E-state index in [2.05, 4.69) is 53.5 Å². The standard InChI is InChI=1S/C17H18N2/c1-2-7-15-12-19(11-14(15)6-1)17-10-9-13-5-3-4-8-16(13)18-17/h1-5,8-10,14-15H,6-7,11-12H2. The van der Waals surface area contributed by atoms with Crippen molar-refractivity contribution in [2.24, 2.45) is 11.8 Å². The summed E-state index contributed by atoms with van der Waals surface area (Å²) < 4.78 is 0. The molecule has 0 spiro atoms.